The Morgan fingerprint density at radius 3 is 2.68 bits per heavy atom. The molecule has 7 nitrogen and oxygen atoms in total. The molecule has 2 aromatic carbocycles. The van der Waals surface area contributed by atoms with Crippen molar-refractivity contribution in [2.45, 2.75) is 6.92 Å². The van der Waals surface area contributed by atoms with Gasteiger partial charge >= 0.3 is 0 Å². The summed E-state index contributed by atoms with van der Waals surface area (Å²) in [7, 11) is 1.61. The van der Waals surface area contributed by atoms with Crippen molar-refractivity contribution in [2.24, 2.45) is 0 Å². The van der Waals surface area contributed by atoms with E-state index in [2.05, 4.69) is 15.3 Å². The van der Waals surface area contributed by atoms with Crippen molar-refractivity contribution >= 4 is 17.0 Å². The molecule has 5 rings (SSSR count). The molecule has 0 fully saturated rings. The van der Waals surface area contributed by atoms with Crippen LogP contribution in [0.15, 0.2) is 71.8 Å². The minimum atomic E-state index is -0.283. The van der Waals surface area contributed by atoms with Gasteiger partial charge in [-0.15, -0.1) is 0 Å². The maximum absolute atomic E-state index is 13.2. The number of aryl methyl sites for hydroxylation is 1. The molecule has 0 bridgehead atoms. The van der Waals surface area contributed by atoms with Crippen LogP contribution in [0.3, 0.4) is 0 Å². The first-order valence-electron chi connectivity index (χ1n) is 9.57. The zero-order valence-corrected chi connectivity index (χ0v) is 16.8. The smallest absolute Gasteiger partial charge is 0.191 e. The Bertz CT molecular complexity index is 1370. The van der Waals surface area contributed by atoms with Crippen LogP contribution in [0.4, 0.5) is 15.8 Å². The largest absolute Gasteiger partial charge is 0.496 e. The first-order chi connectivity index (χ1) is 15.1. The highest BCUT2D eigenvalue weighted by Gasteiger charge is 2.13. The molecular formula is C23H18FN5O2. The minimum Gasteiger partial charge on any atom is -0.496 e. The monoisotopic (exact) mass is 415 g/mol. The molecule has 0 aliphatic rings. The van der Waals surface area contributed by atoms with Crippen LogP contribution < -0.4 is 10.1 Å². The Morgan fingerprint density at radius 2 is 1.94 bits per heavy atom. The van der Waals surface area contributed by atoms with E-state index in [-0.39, 0.29) is 5.82 Å². The predicted molar refractivity (Wildman–Crippen MR) is 115 cm³/mol. The van der Waals surface area contributed by atoms with Gasteiger partial charge in [-0.05, 0) is 36.4 Å². The van der Waals surface area contributed by atoms with Gasteiger partial charge in [0.05, 0.1) is 30.8 Å². The minimum absolute atomic E-state index is 0.283. The number of fused-ring (bicyclic) bond motifs is 1. The number of methoxy groups -OCH3 is 1. The molecule has 3 heterocycles. The molecule has 0 aliphatic heterocycles. The summed E-state index contributed by atoms with van der Waals surface area (Å²) >= 11 is 0. The van der Waals surface area contributed by atoms with E-state index in [1.54, 1.807) is 44.9 Å². The molecule has 1 N–H and O–H groups in total. The number of imidazole rings is 1. The lowest BCUT2D eigenvalue weighted by molar-refractivity contribution is 0.414. The van der Waals surface area contributed by atoms with Crippen LogP contribution in [0.2, 0.25) is 0 Å². The Labute approximate surface area is 177 Å². The van der Waals surface area contributed by atoms with E-state index in [0.29, 0.717) is 23.0 Å². The number of rotatable bonds is 5. The SMILES string of the molecule is COc1cc(Nc2cncn3cc(-c4ccc(F)cc4)nc23)ccc1-c1cnc(C)o1. The van der Waals surface area contributed by atoms with Gasteiger partial charge in [-0.2, -0.15) is 0 Å². The second-order valence-electron chi connectivity index (χ2n) is 6.95. The number of nitrogens with zero attached hydrogens (tertiary/aromatic N) is 4. The second-order valence-corrected chi connectivity index (χ2v) is 6.95. The van der Waals surface area contributed by atoms with E-state index in [0.717, 1.165) is 28.2 Å². The second kappa shape index (κ2) is 7.56. The van der Waals surface area contributed by atoms with Crippen LogP contribution in [-0.4, -0.2) is 26.5 Å². The fourth-order valence-electron chi connectivity index (χ4n) is 3.38. The van der Waals surface area contributed by atoms with Gasteiger partial charge in [0.25, 0.3) is 0 Å². The Hall–Kier alpha value is -4.20. The molecule has 0 saturated heterocycles. The lowest BCUT2D eigenvalue weighted by Crippen LogP contribution is -1.97. The van der Waals surface area contributed by atoms with Gasteiger partial charge in [0, 0.05) is 30.4 Å². The van der Waals surface area contributed by atoms with E-state index in [1.807, 2.05) is 28.8 Å². The fraction of sp³-hybridized carbons (Fsp3) is 0.0870. The molecule has 0 atom stereocenters. The summed E-state index contributed by atoms with van der Waals surface area (Å²) in [6, 6.07) is 11.9. The third-order valence-electron chi connectivity index (χ3n) is 4.88. The normalized spacial score (nSPS) is 11.1. The van der Waals surface area contributed by atoms with Crippen LogP contribution in [0.25, 0.3) is 28.2 Å². The average molecular weight is 415 g/mol. The molecule has 5 aromatic rings. The van der Waals surface area contributed by atoms with Gasteiger partial charge in [0.15, 0.2) is 17.3 Å². The lowest BCUT2D eigenvalue weighted by Gasteiger charge is -2.11. The number of nitrogens with one attached hydrogen (secondary N) is 1. The first kappa shape index (κ1) is 18.8. The highest BCUT2D eigenvalue weighted by molar-refractivity contribution is 5.78. The number of anilines is 2. The summed E-state index contributed by atoms with van der Waals surface area (Å²) in [5.74, 6) is 1.60. The highest BCUT2D eigenvalue weighted by atomic mass is 19.1. The molecular weight excluding hydrogens is 397 g/mol. The number of aromatic nitrogens is 4. The maximum Gasteiger partial charge on any atom is 0.191 e. The number of hydrogen-bond donors (Lipinski definition) is 1. The van der Waals surface area contributed by atoms with Crippen molar-refractivity contribution in [3.63, 3.8) is 0 Å². The Morgan fingerprint density at radius 1 is 1.10 bits per heavy atom. The molecule has 0 radical (unpaired) electrons. The molecule has 3 aromatic heterocycles. The van der Waals surface area contributed by atoms with Gasteiger partial charge in [-0.1, -0.05) is 0 Å². The van der Waals surface area contributed by atoms with Gasteiger partial charge in [-0.25, -0.2) is 19.3 Å². The standard InChI is InChI=1S/C23H18FN5O2/c1-14-26-11-22(31-14)18-8-7-17(9-21(18)30-2)27-19-10-25-13-29-12-20(28-23(19)29)15-3-5-16(24)6-4-15/h3-13,27H,1-2H3. The average Bonchev–Trinajstić information content (AvgIpc) is 3.41. The summed E-state index contributed by atoms with van der Waals surface area (Å²) < 4.78 is 26.2. The van der Waals surface area contributed by atoms with E-state index in [1.165, 1.54) is 12.1 Å². The van der Waals surface area contributed by atoms with Crippen molar-refractivity contribution < 1.29 is 13.5 Å². The summed E-state index contributed by atoms with van der Waals surface area (Å²) in [5, 5.41) is 3.35. The summed E-state index contributed by atoms with van der Waals surface area (Å²) in [5.41, 5.74) is 4.58. The summed E-state index contributed by atoms with van der Waals surface area (Å²) in [6.07, 6.45) is 6.91. The van der Waals surface area contributed by atoms with Gasteiger partial charge in [-0.3, -0.25) is 4.40 Å². The van der Waals surface area contributed by atoms with Crippen molar-refractivity contribution in [3.05, 3.63) is 79.1 Å². The predicted octanol–water partition coefficient (Wildman–Crippen LogP) is 5.25. The van der Waals surface area contributed by atoms with E-state index < -0.39 is 0 Å². The molecule has 0 amide bonds. The molecule has 0 unspecified atom stereocenters. The molecule has 31 heavy (non-hydrogen) atoms. The summed E-state index contributed by atoms with van der Waals surface area (Å²) in [4.78, 5) is 13.1. The summed E-state index contributed by atoms with van der Waals surface area (Å²) in [6.45, 7) is 1.80. The van der Waals surface area contributed by atoms with Crippen LogP contribution in [0, 0.1) is 12.7 Å². The number of oxazole rings is 1. The van der Waals surface area contributed by atoms with E-state index >= 15 is 0 Å². The van der Waals surface area contributed by atoms with Crippen LogP contribution in [-0.2, 0) is 0 Å². The molecule has 8 heteroatoms. The van der Waals surface area contributed by atoms with Crippen molar-refractivity contribution in [1.82, 2.24) is 19.4 Å². The van der Waals surface area contributed by atoms with Gasteiger partial charge in [0.1, 0.15) is 23.6 Å². The number of ether oxygens (including phenoxy) is 1. The van der Waals surface area contributed by atoms with E-state index in [4.69, 9.17) is 14.1 Å². The third-order valence-corrected chi connectivity index (χ3v) is 4.88. The van der Waals surface area contributed by atoms with Crippen LogP contribution >= 0.6 is 0 Å². The zero-order chi connectivity index (χ0) is 21.4. The van der Waals surface area contributed by atoms with Crippen LogP contribution in [0.1, 0.15) is 5.89 Å². The fourth-order valence-corrected chi connectivity index (χ4v) is 3.38. The highest BCUT2D eigenvalue weighted by Crippen LogP contribution is 2.34. The van der Waals surface area contributed by atoms with E-state index in [9.17, 15) is 4.39 Å². The third kappa shape index (κ3) is 3.59. The maximum atomic E-state index is 13.2. The van der Waals surface area contributed by atoms with Gasteiger partial charge in [0.2, 0.25) is 0 Å². The zero-order valence-electron chi connectivity index (χ0n) is 16.8. The lowest BCUT2D eigenvalue weighted by atomic mass is 10.1. The molecule has 0 aliphatic carbocycles. The van der Waals surface area contributed by atoms with Crippen LogP contribution in [0.5, 0.6) is 5.75 Å². The Balaban J connectivity index is 1.49. The quantitative estimate of drug-likeness (QED) is 0.422. The van der Waals surface area contributed by atoms with Crippen molar-refractivity contribution in [2.75, 3.05) is 12.4 Å². The number of hydrogen-bond acceptors (Lipinski definition) is 6. The molecule has 0 spiro atoms. The number of benzene rings is 2. The number of halogens is 1. The van der Waals surface area contributed by atoms with Crippen molar-refractivity contribution in [3.8, 4) is 28.3 Å². The first-order valence-corrected chi connectivity index (χ1v) is 9.57. The van der Waals surface area contributed by atoms with Crippen molar-refractivity contribution in [1.29, 1.82) is 0 Å². The topological polar surface area (TPSA) is 77.5 Å². The molecule has 0 saturated carbocycles. The Kier molecular flexibility index (Phi) is 4.59. The van der Waals surface area contributed by atoms with Gasteiger partial charge < -0.3 is 14.5 Å². The molecule has 154 valence electrons.